The Labute approximate surface area is 113 Å². The summed E-state index contributed by atoms with van der Waals surface area (Å²) in [6, 6.07) is 8.53. The summed E-state index contributed by atoms with van der Waals surface area (Å²) in [5, 5.41) is 0. The van der Waals surface area contributed by atoms with Crippen LogP contribution in [0.4, 0.5) is 5.69 Å². The van der Waals surface area contributed by atoms with Gasteiger partial charge in [0.15, 0.2) is 0 Å². The second kappa shape index (κ2) is 5.01. The number of pyridine rings is 1. The van der Waals surface area contributed by atoms with E-state index in [0.29, 0.717) is 5.69 Å². The lowest BCUT2D eigenvalue weighted by molar-refractivity contribution is 0.601. The normalized spacial score (nSPS) is 11.3. The zero-order chi connectivity index (χ0) is 14.0. The van der Waals surface area contributed by atoms with Crippen molar-refractivity contribution < 1.29 is 8.42 Å². The number of nitrogens with zero attached hydrogens (tertiary/aromatic N) is 1. The summed E-state index contributed by atoms with van der Waals surface area (Å²) in [6.07, 6.45) is 1.51. The molecule has 1 heterocycles. The van der Waals surface area contributed by atoms with E-state index in [2.05, 4.69) is 9.71 Å². The summed E-state index contributed by atoms with van der Waals surface area (Å²) >= 11 is 0. The van der Waals surface area contributed by atoms with Crippen LogP contribution in [0.1, 0.15) is 16.8 Å². The fraction of sp³-hybridized carbons (Fsp3) is 0.214. The molecule has 100 valence electrons. The minimum absolute atomic E-state index is 0.260. The van der Waals surface area contributed by atoms with E-state index in [-0.39, 0.29) is 4.90 Å². The van der Waals surface area contributed by atoms with Gasteiger partial charge in [0.25, 0.3) is 10.0 Å². The zero-order valence-corrected chi connectivity index (χ0v) is 12.0. The number of nitrogens with one attached hydrogen (secondary N) is 1. The van der Waals surface area contributed by atoms with Crippen LogP contribution < -0.4 is 4.72 Å². The van der Waals surface area contributed by atoms with Crippen LogP contribution in [0.5, 0.6) is 0 Å². The largest absolute Gasteiger partial charge is 0.278 e. The van der Waals surface area contributed by atoms with E-state index in [0.717, 1.165) is 16.8 Å². The molecule has 2 rings (SSSR count). The first-order chi connectivity index (χ1) is 8.88. The van der Waals surface area contributed by atoms with Crippen LogP contribution in [0.15, 0.2) is 41.4 Å². The quantitative estimate of drug-likeness (QED) is 0.937. The summed E-state index contributed by atoms with van der Waals surface area (Å²) < 4.78 is 26.9. The molecule has 0 spiro atoms. The molecule has 0 aliphatic carbocycles. The first-order valence-electron chi connectivity index (χ1n) is 5.91. The van der Waals surface area contributed by atoms with Gasteiger partial charge in [-0.2, -0.15) is 0 Å². The second-order valence-electron chi connectivity index (χ2n) is 4.54. The van der Waals surface area contributed by atoms with Crippen molar-refractivity contribution >= 4 is 15.7 Å². The van der Waals surface area contributed by atoms with E-state index in [1.807, 2.05) is 20.8 Å². The minimum Gasteiger partial charge on any atom is -0.278 e. The van der Waals surface area contributed by atoms with Gasteiger partial charge in [0.1, 0.15) is 0 Å². The average molecular weight is 276 g/mol. The van der Waals surface area contributed by atoms with Gasteiger partial charge in [-0.3, -0.25) is 9.71 Å². The predicted octanol–water partition coefficient (Wildman–Crippen LogP) is 2.81. The number of hydrogen-bond donors (Lipinski definition) is 1. The lowest BCUT2D eigenvalue weighted by atomic mass is 10.1. The van der Waals surface area contributed by atoms with Gasteiger partial charge in [-0.05, 0) is 56.2 Å². The maximum atomic E-state index is 12.2. The van der Waals surface area contributed by atoms with Gasteiger partial charge in [0, 0.05) is 5.69 Å². The van der Waals surface area contributed by atoms with Gasteiger partial charge in [-0.15, -0.1) is 0 Å². The van der Waals surface area contributed by atoms with Crippen molar-refractivity contribution in [3.63, 3.8) is 0 Å². The van der Waals surface area contributed by atoms with E-state index < -0.39 is 10.0 Å². The highest BCUT2D eigenvalue weighted by Gasteiger charge is 2.14. The Kier molecular flexibility index (Phi) is 3.57. The Bertz CT molecular complexity index is 692. The molecule has 0 aliphatic heterocycles. The highest BCUT2D eigenvalue weighted by atomic mass is 32.2. The molecule has 0 radical (unpaired) electrons. The SMILES string of the molecule is Cc1ccc(NS(=O)(=O)c2ccc(C)c(C)c2)cn1. The number of aromatic nitrogens is 1. The van der Waals surface area contributed by atoms with Crippen molar-refractivity contribution in [3.05, 3.63) is 53.3 Å². The molecule has 0 atom stereocenters. The summed E-state index contributed by atoms with van der Waals surface area (Å²) in [6.45, 7) is 5.69. The molecule has 19 heavy (non-hydrogen) atoms. The molecule has 2 aromatic rings. The van der Waals surface area contributed by atoms with Crippen molar-refractivity contribution in [2.45, 2.75) is 25.7 Å². The molecule has 1 aromatic heterocycles. The van der Waals surface area contributed by atoms with Crippen LogP contribution in [-0.2, 0) is 10.0 Å². The lowest BCUT2D eigenvalue weighted by Gasteiger charge is -2.09. The molecule has 0 fully saturated rings. The average Bonchev–Trinajstić information content (AvgIpc) is 2.35. The Morgan fingerprint density at radius 2 is 1.74 bits per heavy atom. The van der Waals surface area contributed by atoms with Crippen molar-refractivity contribution in [2.24, 2.45) is 0 Å². The van der Waals surface area contributed by atoms with Crippen molar-refractivity contribution in [1.82, 2.24) is 4.98 Å². The molecular weight excluding hydrogens is 260 g/mol. The van der Waals surface area contributed by atoms with Gasteiger partial charge < -0.3 is 0 Å². The second-order valence-corrected chi connectivity index (χ2v) is 6.22. The molecule has 4 nitrogen and oxygen atoms in total. The smallest absolute Gasteiger partial charge is 0.261 e. The number of benzene rings is 1. The standard InChI is InChI=1S/C14H16N2O2S/c1-10-4-7-14(8-11(10)2)19(17,18)16-13-6-5-12(3)15-9-13/h4-9,16H,1-3H3. The molecule has 1 N–H and O–H groups in total. The first kappa shape index (κ1) is 13.5. The minimum atomic E-state index is -3.56. The highest BCUT2D eigenvalue weighted by molar-refractivity contribution is 7.92. The van der Waals surface area contributed by atoms with Crippen LogP contribution in [0, 0.1) is 20.8 Å². The summed E-state index contributed by atoms with van der Waals surface area (Å²) in [5.41, 5.74) is 3.32. The molecule has 0 amide bonds. The van der Waals surface area contributed by atoms with E-state index >= 15 is 0 Å². The van der Waals surface area contributed by atoms with Crippen LogP contribution >= 0.6 is 0 Å². The van der Waals surface area contributed by atoms with E-state index in [4.69, 9.17) is 0 Å². The Hall–Kier alpha value is -1.88. The fourth-order valence-corrected chi connectivity index (χ4v) is 2.75. The Morgan fingerprint density at radius 1 is 1.00 bits per heavy atom. The topological polar surface area (TPSA) is 59.1 Å². The fourth-order valence-electron chi connectivity index (χ4n) is 1.62. The summed E-state index contributed by atoms with van der Waals surface area (Å²) in [5.74, 6) is 0. The van der Waals surface area contributed by atoms with Gasteiger partial charge in [-0.25, -0.2) is 8.42 Å². The van der Waals surface area contributed by atoms with E-state index in [9.17, 15) is 8.42 Å². The van der Waals surface area contributed by atoms with Crippen molar-refractivity contribution in [1.29, 1.82) is 0 Å². The third-order valence-electron chi connectivity index (χ3n) is 2.95. The number of rotatable bonds is 3. The third kappa shape index (κ3) is 3.12. The lowest BCUT2D eigenvalue weighted by Crippen LogP contribution is -2.13. The van der Waals surface area contributed by atoms with Crippen molar-refractivity contribution in [3.8, 4) is 0 Å². The first-order valence-corrected chi connectivity index (χ1v) is 7.39. The Balaban J connectivity index is 2.32. The molecule has 0 aliphatic rings. The van der Waals surface area contributed by atoms with Gasteiger partial charge in [0.05, 0.1) is 16.8 Å². The monoisotopic (exact) mass is 276 g/mol. The maximum Gasteiger partial charge on any atom is 0.261 e. The molecule has 0 saturated carbocycles. The predicted molar refractivity (Wildman–Crippen MR) is 75.7 cm³/mol. The Morgan fingerprint density at radius 3 is 2.32 bits per heavy atom. The molecular formula is C14H16N2O2S. The number of anilines is 1. The van der Waals surface area contributed by atoms with Gasteiger partial charge in [-0.1, -0.05) is 6.07 Å². The van der Waals surface area contributed by atoms with Crippen LogP contribution in [-0.4, -0.2) is 13.4 Å². The van der Waals surface area contributed by atoms with E-state index in [1.54, 1.807) is 30.3 Å². The zero-order valence-electron chi connectivity index (χ0n) is 11.1. The molecule has 0 bridgehead atoms. The maximum absolute atomic E-state index is 12.2. The molecule has 0 saturated heterocycles. The number of aryl methyl sites for hydroxylation is 3. The highest BCUT2D eigenvalue weighted by Crippen LogP contribution is 2.18. The number of hydrogen-bond acceptors (Lipinski definition) is 3. The van der Waals surface area contributed by atoms with E-state index in [1.165, 1.54) is 6.20 Å². The molecule has 0 unspecified atom stereocenters. The third-order valence-corrected chi connectivity index (χ3v) is 4.33. The molecule has 5 heteroatoms. The van der Waals surface area contributed by atoms with Gasteiger partial charge in [0.2, 0.25) is 0 Å². The van der Waals surface area contributed by atoms with Crippen molar-refractivity contribution in [2.75, 3.05) is 4.72 Å². The summed E-state index contributed by atoms with van der Waals surface area (Å²) in [4.78, 5) is 4.32. The van der Waals surface area contributed by atoms with Crippen LogP contribution in [0.3, 0.4) is 0 Å². The van der Waals surface area contributed by atoms with Gasteiger partial charge >= 0.3 is 0 Å². The molecule has 1 aromatic carbocycles. The summed E-state index contributed by atoms with van der Waals surface area (Å²) in [7, 11) is -3.56. The van der Waals surface area contributed by atoms with Crippen LogP contribution in [0.2, 0.25) is 0 Å². The van der Waals surface area contributed by atoms with Crippen LogP contribution in [0.25, 0.3) is 0 Å². The number of sulfonamides is 1.